The predicted molar refractivity (Wildman–Crippen MR) is 96.0 cm³/mol. The quantitative estimate of drug-likeness (QED) is 0.645. The topological polar surface area (TPSA) is 62.1 Å². The zero-order chi connectivity index (χ0) is 17.5. The summed E-state index contributed by atoms with van der Waals surface area (Å²) in [6, 6.07) is 14.5. The van der Waals surface area contributed by atoms with Gasteiger partial charge in [0.15, 0.2) is 0 Å². The first kappa shape index (κ1) is 17.6. The molecule has 0 aliphatic carbocycles. The molecule has 0 saturated heterocycles. The van der Waals surface area contributed by atoms with Crippen molar-refractivity contribution in [3.05, 3.63) is 64.2 Å². The number of carbonyl (C=O) groups is 1. The van der Waals surface area contributed by atoms with Gasteiger partial charge in [0.05, 0.1) is 12.1 Å². The van der Waals surface area contributed by atoms with Crippen molar-refractivity contribution >= 4 is 29.3 Å². The van der Waals surface area contributed by atoms with E-state index in [9.17, 15) is 10.1 Å². The van der Waals surface area contributed by atoms with Gasteiger partial charge in [-0.25, -0.2) is 0 Å². The molecule has 0 saturated carbocycles. The molecule has 2 aromatic carbocycles. The molecule has 0 unspecified atom stereocenters. The van der Waals surface area contributed by atoms with E-state index in [0.29, 0.717) is 16.5 Å². The van der Waals surface area contributed by atoms with Gasteiger partial charge in [-0.3, -0.25) is 4.79 Å². The highest BCUT2D eigenvalue weighted by molar-refractivity contribution is 6.32. The van der Waals surface area contributed by atoms with Crippen molar-refractivity contribution in [2.75, 3.05) is 12.4 Å². The molecule has 0 aliphatic heterocycles. The number of hydrogen-bond donors (Lipinski definition) is 1. The molecule has 1 amide bonds. The van der Waals surface area contributed by atoms with E-state index in [1.54, 1.807) is 24.3 Å². The van der Waals surface area contributed by atoms with Crippen LogP contribution in [-0.4, -0.2) is 13.0 Å². The monoisotopic (exact) mass is 340 g/mol. The number of amides is 1. The Morgan fingerprint density at radius 1 is 1.29 bits per heavy atom. The molecule has 4 nitrogen and oxygen atoms in total. The molecule has 0 aromatic heterocycles. The predicted octanol–water partition coefficient (Wildman–Crippen LogP) is 4.46. The van der Waals surface area contributed by atoms with Gasteiger partial charge in [-0.15, -0.1) is 0 Å². The van der Waals surface area contributed by atoms with Crippen LogP contribution in [0.15, 0.2) is 48.0 Å². The Morgan fingerprint density at radius 2 is 2.00 bits per heavy atom. The minimum absolute atomic E-state index is 0.0196. The normalized spacial score (nSPS) is 10.8. The maximum Gasteiger partial charge on any atom is 0.266 e. The molecule has 0 bridgehead atoms. The fourth-order valence-corrected chi connectivity index (χ4v) is 2.37. The highest BCUT2D eigenvalue weighted by atomic mass is 35.5. The summed E-state index contributed by atoms with van der Waals surface area (Å²) in [5.41, 5.74) is 2.51. The van der Waals surface area contributed by atoms with Crippen molar-refractivity contribution in [2.45, 2.75) is 13.3 Å². The molecule has 0 aliphatic rings. The van der Waals surface area contributed by atoms with Crippen LogP contribution in [0.1, 0.15) is 18.1 Å². The standard InChI is InChI=1S/C19H17ClN2O2/c1-3-13-4-6-14(7-5-13)10-15(12-21)19(23)22-16-8-9-18(24-2)17(20)11-16/h4-11H,3H2,1-2H3,(H,22,23)/b15-10+. The summed E-state index contributed by atoms with van der Waals surface area (Å²) in [6.07, 6.45) is 2.49. The van der Waals surface area contributed by atoms with Gasteiger partial charge in [-0.1, -0.05) is 42.8 Å². The molecule has 24 heavy (non-hydrogen) atoms. The molecule has 2 aromatic rings. The number of methoxy groups -OCH3 is 1. The fourth-order valence-electron chi connectivity index (χ4n) is 2.11. The summed E-state index contributed by atoms with van der Waals surface area (Å²) in [5.74, 6) is 0.0278. The Morgan fingerprint density at radius 3 is 2.54 bits per heavy atom. The van der Waals surface area contributed by atoms with Crippen LogP contribution in [0.4, 0.5) is 5.69 Å². The Bertz CT molecular complexity index is 805. The summed E-state index contributed by atoms with van der Waals surface area (Å²) in [5, 5.41) is 12.3. The number of anilines is 1. The third kappa shape index (κ3) is 4.37. The molecule has 0 atom stereocenters. The number of halogens is 1. The van der Waals surface area contributed by atoms with Gasteiger partial charge in [0, 0.05) is 5.69 Å². The summed E-state index contributed by atoms with van der Waals surface area (Å²) < 4.78 is 5.06. The number of carbonyl (C=O) groups excluding carboxylic acids is 1. The lowest BCUT2D eigenvalue weighted by molar-refractivity contribution is -0.112. The zero-order valence-corrected chi connectivity index (χ0v) is 14.2. The van der Waals surface area contributed by atoms with Crippen molar-refractivity contribution in [2.24, 2.45) is 0 Å². The first-order chi connectivity index (χ1) is 11.6. The molecular formula is C19H17ClN2O2. The van der Waals surface area contributed by atoms with E-state index in [1.165, 1.54) is 12.7 Å². The molecule has 0 radical (unpaired) electrons. The molecular weight excluding hydrogens is 324 g/mol. The lowest BCUT2D eigenvalue weighted by Gasteiger charge is -2.07. The molecule has 122 valence electrons. The second-order valence-electron chi connectivity index (χ2n) is 5.07. The third-order valence-electron chi connectivity index (χ3n) is 3.47. The van der Waals surface area contributed by atoms with E-state index in [1.807, 2.05) is 30.3 Å². The average molecular weight is 341 g/mol. The van der Waals surface area contributed by atoms with Gasteiger partial charge < -0.3 is 10.1 Å². The number of aryl methyl sites for hydroxylation is 1. The van der Waals surface area contributed by atoms with Crippen LogP contribution >= 0.6 is 11.6 Å². The SMILES string of the molecule is CCc1ccc(/C=C(\C#N)C(=O)Nc2ccc(OC)c(Cl)c2)cc1. The van der Waals surface area contributed by atoms with Gasteiger partial charge in [-0.05, 0) is 41.8 Å². The highest BCUT2D eigenvalue weighted by Gasteiger charge is 2.11. The molecule has 1 N–H and O–H groups in total. The second kappa shape index (κ2) is 8.19. The lowest BCUT2D eigenvalue weighted by atomic mass is 10.1. The second-order valence-corrected chi connectivity index (χ2v) is 5.48. The maximum absolute atomic E-state index is 12.3. The average Bonchev–Trinajstić information content (AvgIpc) is 2.60. The van der Waals surface area contributed by atoms with E-state index >= 15 is 0 Å². The van der Waals surface area contributed by atoms with Crippen LogP contribution in [0, 0.1) is 11.3 Å². The fraction of sp³-hybridized carbons (Fsp3) is 0.158. The van der Waals surface area contributed by atoms with Crippen LogP contribution in [0.5, 0.6) is 5.75 Å². The van der Waals surface area contributed by atoms with Crippen LogP contribution in [0.25, 0.3) is 6.08 Å². The maximum atomic E-state index is 12.3. The van der Waals surface area contributed by atoms with E-state index < -0.39 is 5.91 Å². The Kier molecular flexibility index (Phi) is 6.00. The number of ether oxygens (including phenoxy) is 1. The summed E-state index contributed by atoms with van der Waals surface area (Å²) in [6.45, 7) is 2.07. The van der Waals surface area contributed by atoms with Gasteiger partial charge >= 0.3 is 0 Å². The van der Waals surface area contributed by atoms with Crippen LogP contribution in [0.2, 0.25) is 5.02 Å². The number of benzene rings is 2. The number of rotatable bonds is 5. The molecule has 0 fully saturated rings. The van der Waals surface area contributed by atoms with Crippen molar-refractivity contribution < 1.29 is 9.53 Å². The third-order valence-corrected chi connectivity index (χ3v) is 3.77. The largest absolute Gasteiger partial charge is 0.495 e. The summed E-state index contributed by atoms with van der Waals surface area (Å²) in [7, 11) is 1.51. The number of nitriles is 1. The lowest BCUT2D eigenvalue weighted by Crippen LogP contribution is -2.13. The van der Waals surface area contributed by atoms with Crippen LogP contribution in [-0.2, 0) is 11.2 Å². The Labute approximate surface area is 146 Å². The van der Waals surface area contributed by atoms with Crippen molar-refractivity contribution in [3.8, 4) is 11.8 Å². The molecule has 5 heteroatoms. The van der Waals surface area contributed by atoms with Crippen LogP contribution < -0.4 is 10.1 Å². The van der Waals surface area contributed by atoms with Gasteiger partial charge in [0.25, 0.3) is 5.91 Å². The number of nitrogens with zero attached hydrogens (tertiary/aromatic N) is 1. The van der Waals surface area contributed by atoms with E-state index in [0.717, 1.165) is 12.0 Å². The van der Waals surface area contributed by atoms with E-state index in [2.05, 4.69) is 12.2 Å². The minimum Gasteiger partial charge on any atom is -0.495 e. The number of hydrogen-bond acceptors (Lipinski definition) is 3. The van der Waals surface area contributed by atoms with Crippen molar-refractivity contribution in [1.82, 2.24) is 0 Å². The van der Waals surface area contributed by atoms with Crippen LogP contribution in [0.3, 0.4) is 0 Å². The zero-order valence-electron chi connectivity index (χ0n) is 13.5. The Hall–Kier alpha value is -2.77. The van der Waals surface area contributed by atoms with Crippen molar-refractivity contribution in [1.29, 1.82) is 5.26 Å². The van der Waals surface area contributed by atoms with Gasteiger partial charge in [0.2, 0.25) is 0 Å². The number of nitrogens with one attached hydrogen (secondary N) is 1. The summed E-state index contributed by atoms with van der Waals surface area (Å²) in [4.78, 5) is 12.3. The van der Waals surface area contributed by atoms with Gasteiger partial charge in [-0.2, -0.15) is 5.26 Å². The molecule has 0 spiro atoms. The highest BCUT2D eigenvalue weighted by Crippen LogP contribution is 2.27. The van der Waals surface area contributed by atoms with E-state index in [-0.39, 0.29) is 5.57 Å². The molecule has 2 rings (SSSR count). The minimum atomic E-state index is -0.488. The first-order valence-corrected chi connectivity index (χ1v) is 7.80. The Balaban J connectivity index is 2.17. The molecule has 0 heterocycles. The first-order valence-electron chi connectivity index (χ1n) is 7.43. The van der Waals surface area contributed by atoms with Crippen molar-refractivity contribution in [3.63, 3.8) is 0 Å². The van der Waals surface area contributed by atoms with E-state index in [4.69, 9.17) is 16.3 Å². The van der Waals surface area contributed by atoms with Gasteiger partial charge in [0.1, 0.15) is 17.4 Å². The summed E-state index contributed by atoms with van der Waals surface area (Å²) >= 11 is 6.03. The smallest absolute Gasteiger partial charge is 0.266 e.